The van der Waals surface area contributed by atoms with Gasteiger partial charge in [-0.2, -0.15) is 0 Å². The minimum atomic E-state index is -0.653. The summed E-state index contributed by atoms with van der Waals surface area (Å²) in [6, 6.07) is 0. The van der Waals surface area contributed by atoms with Gasteiger partial charge in [0.15, 0.2) is 0 Å². The molecule has 0 amide bonds. The van der Waals surface area contributed by atoms with Gasteiger partial charge >= 0.3 is 5.97 Å². The van der Waals surface area contributed by atoms with Crippen molar-refractivity contribution in [3.8, 4) is 0 Å². The Kier molecular flexibility index (Phi) is 4.78. The second kappa shape index (κ2) is 5.67. The van der Waals surface area contributed by atoms with Crippen molar-refractivity contribution in [3.05, 3.63) is 0 Å². The van der Waals surface area contributed by atoms with Crippen LogP contribution in [0.1, 0.15) is 52.9 Å². The van der Waals surface area contributed by atoms with E-state index in [1.165, 1.54) is 12.8 Å². The van der Waals surface area contributed by atoms with Gasteiger partial charge < -0.3 is 5.11 Å². The molecule has 1 atom stereocenters. The molecule has 0 aliphatic carbocycles. The molecule has 0 aromatic heterocycles. The van der Waals surface area contributed by atoms with Gasteiger partial charge in [0.1, 0.15) is 0 Å². The summed E-state index contributed by atoms with van der Waals surface area (Å²) < 4.78 is 0. The first kappa shape index (κ1) is 13.5. The Morgan fingerprint density at radius 1 is 1.50 bits per heavy atom. The molecule has 1 saturated heterocycles. The minimum Gasteiger partial charge on any atom is -0.481 e. The van der Waals surface area contributed by atoms with E-state index in [-0.39, 0.29) is 5.54 Å². The van der Waals surface area contributed by atoms with Crippen LogP contribution in [0.3, 0.4) is 0 Å². The van der Waals surface area contributed by atoms with Crippen molar-refractivity contribution in [1.29, 1.82) is 0 Å². The zero-order valence-corrected chi connectivity index (χ0v) is 10.8. The number of rotatable bonds is 5. The molecular formula is C13H25NO2. The summed E-state index contributed by atoms with van der Waals surface area (Å²) in [6.07, 6.45) is 4.93. The summed E-state index contributed by atoms with van der Waals surface area (Å²) in [7, 11) is 0. The largest absolute Gasteiger partial charge is 0.481 e. The van der Waals surface area contributed by atoms with Crippen molar-refractivity contribution in [2.24, 2.45) is 5.92 Å². The van der Waals surface area contributed by atoms with Gasteiger partial charge in [-0.1, -0.05) is 13.3 Å². The average molecular weight is 227 g/mol. The first-order valence-corrected chi connectivity index (χ1v) is 6.42. The van der Waals surface area contributed by atoms with E-state index in [0.717, 1.165) is 25.9 Å². The van der Waals surface area contributed by atoms with Gasteiger partial charge in [0.2, 0.25) is 0 Å². The summed E-state index contributed by atoms with van der Waals surface area (Å²) in [4.78, 5) is 13.2. The molecule has 0 radical (unpaired) electrons. The number of piperidine rings is 1. The third-order valence-electron chi connectivity index (χ3n) is 3.74. The lowest BCUT2D eigenvalue weighted by atomic mass is 9.83. The lowest BCUT2D eigenvalue weighted by Crippen LogP contribution is -2.50. The molecule has 0 aromatic rings. The number of unbranched alkanes of at least 4 members (excludes halogenated alkanes) is 1. The fourth-order valence-corrected chi connectivity index (χ4v) is 2.52. The molecule has 0 aromatic carbocycles. The lowest BCUT2D eigenvalue weighted by Gasteiger charge is -2.45. The Morgan fingerprint density at radius 2 is 2.19 bits per heavy atom. The molecule has 1 aliphatic heterocycles. The molecule has 3 nitrogen and oxygen atoms in total. The van der Waals surface area contributed by atoms with E-state index in [0.29, 0.717) is 12.3 Å². The SMILES string of the molecule is CCCCN1CC(CC(=O)O)CCC1(C)C. The van der Waals surface area contributed by atoms with Gasteiger partial charge in [0.05, 0.1) is 0 Å². The first-order chi connectivity index (χ1) is 7.45. The van der Waals surface area contributed by atoms with Gasteiger partial charge in [-0.05, 0) is 45.6 Å². The van der Waals surface area contributed by atoms with Crippen molar-refractivity contribution in [2.45, 2.75) is 58.4 Å². The third-order valence-corrected chi connectivity index (χ3v) is 3.74. The molecule has 1 heterocycles. The zero-order valence-electron chi connectivity index (χ0n) is 10.8. The predicted octanol–water partition coefficient (Wildman–Crippen LogP) is 2.75. The highest BCUT2D eigenvalue weighted by Gasteiger charge is 2.34. The lowest BCUT2D eigenvalue weighted by molar-refractivity contribution is -0.139. The van der Waals surface area contributed by atoms with E-state index < -0.39 is 5.97 Å². The number of carbonyl (C=O) groups is 1. The van der Waals surface area contributed by atoms with Crippen LogP contribution in [0.2, 0.25) is 0 Å². The molecule has 94 valence electrons. The molecule has 16 heavy (non-hydrogen) atoms. The van der Waals surface area contributed by atoms with Crippen LogP contribution in [0.15, 0.2) is 0 Å². The van der Waals surface area contributed by atoms with Crippen molar-refractivity contribution < 1.29 is 9.90 Å². The van der Waals surface area contributed by atoms with Crippen LogP contribution >= 0.6 is 0 Å². The second-order valence-corrected chi connectivity index (χ2v) is 5.61. The number of likely N-dealkylation sites (tertiary alicyclic amines) is 1. The number of carboxylic acid groups (broad SMARTS) is 1. The van der Waals surface area contributed by atoms with Crippen LogP contribution < -0.4 is 0 Å². The molecule has 1 unspecified atom stereocenters. The van der Waals surface area contributed by atoms with Crippen LogP contribution in [0.4, 0.5) is 0 Å². The van der Waals surface area contributed by atoms with E-state index in [1.807, 2.05) is 0 Å². The topological polar surface area (TPSA) is 40.5 Å². The van der Waals surface area contributed by atoms with Crippen molar-refractivity contribution in [3.63, 3.8) is 0 Å². The summed E-state index contributed by atoms with van der Waals surface area (Å²) in [5, 5.41) is 8.84. The summed E-state index contributed by atoms with van der Waals surface area (Å²) >= 11 is 0. The molecule has 1 N–H and O–H groups in total. The molecule has 1 fully saturated rings. The van der Waals surface area contributed by atoms with Gasteiger partial charge in [-0.15, -0.1) is 0 Å². The highest BCUT2D eigenvalue weighted by molar-refractivity contribution is 5.67. The highest BCUT2D eigenvalue weighted by atomic mass is 16.4. The Bertz CT molecular complexity index is 238. The van der Waals surface area contributed by atoms with E-state index in [9.17, 15) is 4.79 Å². The summed E-state index contributed by atoms with van der Waals surface area (Å²) in [6.45, 7) is 8.82. The Balaban J connectivity index is 2.51. The van der Waals surface area contributed by atoms with E-state index in [4.69, 9.17) is 5.11 Å². The maximum absolute atomic E-state index is 10.7. The second-order valence-electron chi connectivity index (χ2n) is 5.61. The summed E-state index contributed by atoms with van der Waals surface area (Å²) in [5.74, 6) is -0.303. The molecule has 1 aliphatic rings. The van der Waals surface area contributed by atoms with Crippen LogP contribution in [-0.2, 0) is 4.79 Å². The number of carboxylic acids is 1. The molecule has 0 spiro atoms. The number of hydrogen-bond donors (Lipinski definition) is 1. The Morgan fingerprint density at radius 3 is 2.75 bits per heavy atom. The van der Waals surface area contributed by atoms with E-state index in [2.05, 4.69) is 25.7 Å². The van der Waals surface area contributed by atoms with Crippen molar-refractivity contribution in [1.82, 2.24) is 4.90 Å². The van der Waals surface area contributed by atoms with Crippen LogP contribution in [0, 0.1) is 5.92 Å². The van der Waals surface area contributed by atoms with Gasteiger partial charge in [-0.25, -0.2) is 0 Å². The van der Waals surface area contributed by atoms with Gasteiger partial charge in [-0.3, -0.25) is 9.69 Å². The fourth-order valence-electron chi connectivity index (χ4n) is 2.52. The smallest absolute Gasteiger partial charge is 0.303 e. The molecular weight excluding hydrogens is 202 g/mol. The first-order valence-electron chi connectivity index (χ1n) is 6.42. The van der Waals surface area contributed by atoms with Crippen LogP contribution in [-0.4, -0.2) is 34.6 Å². The minimum absolute atomic E-state index is 0.254. The van der Waals surface area contributed by atoms with Gasteiger partial charge in [0.25, 0.3) is 0 Å². The monoisotopic (exact) mass is 227 g/mol. The zero-order chi connectivity index (χ0) is 12.2. The standard InChI is InChI=1S/C13H25NO2/c1-4-5-8-14-10-11(9-12(15)16)6-7-13(14,2)3/h11H,4-10H2,1-3H3,(H,15,16). The molecule has 1 rings (SSSR count). The van der Waals surface area contributed by atoms with Crippen LogP contribution in [0.25, 0.3) is 0 Å². The summed E-state index contributed by atoms with van der Waals surface area (Å²) in [5.41, 5.74) is 0.254. The fraction of sp³-hybridized carbons (Fsp3) is 0.923. The molecule has 0 bridgehead atoms. The Labute approximate surface area is 98.8 Å². The Hall–Kier alpha value is -0.570. The van der Waals surface area contributed by atoms with E-state index in [1.54, 1.807) is 0 Å². The molecule has 0 saturated carbocycles. The van der Waals surface area contributed by atoms with Crippen molar-refractivity contribution in [2.75, 3.05) is 13.1 Å². The van der Waals surface area contributed by atoms with Crippen molar-refractivity contribution >= 4 is 5.97 Å². The average Bonchev–Trinajstić information content (AvgIpc) is 2.18. The third kappa shape index (κ3) is 3.78. The maximum atomic E-state index is 10.7. The molecule has 3 heteroatoms. The van der Waals surface area contributed by atoms with Gasteiger partial charge in [0, 0.05) is 18.5 Å². The van der Waals surface area contributed by atoms with E-state index >= 15 is 0 Å². The van der Waals surface area contributed by atoms with Crippen LogP contribution in [0.5, 0.6) is 0 Å². The quantitative estimate of drug-likeness (QED) is 0.785. The predicted molar refractivity (Wildman–Crippen MR) is 65.5 cm³/mol. The number of nitrogens with zero attached hydrogens (tertiary/aromatic N) is 1. The normalized spacial score (nSPS) is 25.6. The highest BCUT2D eigenvalue weighted by Crippen LogP contribution is 2.32. The number of aliphatic carboxylic acids is 1. The number of hydrogen-bond acceptors (Lipinski definition) is 2. The maximum Gasteiger partial charge on any atom is 0.303 e.